The zero-order valence-corrected chi connectivity index (χ0v) is 15.9. The van der Waals surface area contributed by atoms with Gasteiger partial charge < -0.3 is 15.2 Å². The number of pyridine rings is 1. The maximum absolute atomic E-state index is 12.6. The summed E-state index contributed by atoms with van der Waals surface area (Å²) < 4.78 is 0. The summed E-state index contributed by atoms with van der Waals surface area (Å²) in [6.07, 6.45) is 2.44. The summed E-state index contributed by atoms with van der Waals surface area (Å²) in [5.74, 6) is -0.405. The van der Waals surface area contributed by atoms with Crippen LogP contribution in [0.3, 0.4) is 0 Å². The van der Waals surface area contributed by atoms with Crippen molar-refractivity contribution >= 4 is 17.3 Å². The number of aromatic nitrogens is 1. The monoisotopic (exact) mass is 373 g/mol. The first-order valence-electron chi connectivity index (χ1n) is 9.57. The summed E-state index contributed by atoms with van der Waals surface area (Å²) >= 11 is 0. The average Bonchev–Trinajstić information content (AvgIpc) is 3.25. The van der Waals surface area contributed by atoms with E-state index in [9.17, 15) is 9.59 Å². The molecule has 5 nitrogen and oxygen atoms in total. The number of aromatic amines is 1. The number of H-pyrrole nitrogens is 1. The van der Waals surface area contributed by atoms with Crippen LogP contribution in [0.15, 0.2) is 65.5 Å². The number of carbonyl (C=O) groups excluding carboxylic acids is 1. The molecule has 1 aliphatic heterocycles. The van der Waals surface area contributed by atoms with E-state index in [1.165, 1.54) is 18.5 Å². The van der Waals surface area contributed by atoms with Crippen LogP contribution in [-0.4, -0.2) is 24.0 Å². The number of aryl methyl sites for hydroxylation is 1. The zero-order valence-electron chi connectivity index (χ0n) is 15.9. The maximum Gasteiger partial charge on any atom is 0.261 e. The second-order valence-electron chi connectivity index (χ2n) is 7.13. The van der Waals surface area contributed by atoms with Gasteiger partial charge in [-0.25, -0.2) is 0 Å². The number of nitrogens with zero attached hydrogens (tertiary/aromatic N) is 1. The lowest BCUT2D eigenvalue weighted by Gasteiger charge is -2.19. The summed E-state index contributed by atoms with van der Waals surface area (Å²) in [5, 5.41) is 2.87. The van der Waals surface area contributed by atoms with E-state index in [-0.39, 0.29) is 5.56 Å². The van der Waals surface area contributed by atoms with Gasteiger partial charge in [-0.1, -0.05) is 30.3 Å². The normalized spacial score (nSPS) is 13.5. The van der Waals surface area contributed by atoms with Gasteiger partial charge in [-0.05, 0) is 61.2 Å². The minimum absolute atomic E-state index is 0.0997. The van der Waals surface area contributed by atoms with E-state index in [2.05, 4.69) is 21.3 Å². The molecule has 1 aromatic heterocycles. The number of carbonyl (C=O) groups is 1. The molecule has 2 aromatic carbocycles. The van der Waals surface area contributed by atoms with Crippen molar-refractivity contribution in [1.29, 1.82) is 0 Å². The fraction of sp³-hybridized carbons (Fsp3) is 0.217. The predicted octanol–water partition coefficient (Wildman–Crippen LogP) is 4.20. The van der Waals surface area contributed by atoms with Crippen molar-refractivity contribution in [3.63, 3.8) is 0 Å². The topological polar surface area (TPSA) is 65.2 Å². The largest absolute Gasteiger partial charge is 0.372 e. The van der Waals surface area contributed by atoms with Crippen molar-refractivity contribution in [3.05, 3.63) is 82.1 Å². The Morgan fingerprint density at radius 3 is 2.43 bits per heavy atom. The molecule has 5 heteroatoms. The number of rotatable bonds is 4. The highest BCUT2D eigenvalue weighted by atomic mass is 16.2. The van der Waals surface area contributed by atoms with Crippen molar-refractivity contribution in [1.82, 2.24) is 4.98 Å². The van der Waals surface area contributed by atoms with Gasteiger partial charge in [0, 0.05) is 30.2 Å². The van der Waals surface area contributed by atoms with Crippen LogP contribution in [-0.2, 0) is 0 Å². The molecule has 1 saturated heterocycles. The fourth-order valence-electron chi connectivity index (χ4n) is 3.59. The Hall–Kier alpha value is -3.34. The van der Waals surface area contributed by atoms with Gasteiger partial charge in [0.05, 0.1) is 0 Å². The van der Waals surface area contributed by atoms with Gasteiger partial charge >= 0.3 is 0 Å². The Morgan fingerprint density at radius 2 is 1.75 bits per heavy atom. The van der Waals surface area contributed by atoms with Gasteiger partial charge in [-0.3, -0.25) is 9.59 Å². The Balaban J connectivity index is 1.53. The van der Waals surface area contributed by atoms with Crippen molar-refractivity contribution in [2.75, 3.05) is 23.3 Å². The Kier molecular flexibility index (Phi) is 4.98. The number of hydrogen-bond acceptors (Lipinski definition) is 3. The molecule has 1 aliphatic rings. The third-order valence-corrected chi connectivity index (χ3v) is 5.17. The third-order valence-electron chi connectivity index (χ3n) is 5.17. The molecule has 0 atom stereocenters. The number of benzene rings is 2. The van der Waals surface area contributed by atoms with Crippen molar-refractivity contribution in [3.8, 4) is 11.3 Å². The molecule has 3 aromatic rings. The molecule has 1 amide bonds. The minimum Gasteiger partial charge on any atom is -0.372 e. The SMILES string of the molecule is Cc1cc(N2CCCC2)ccc1NC(=O)c1ccc(-c2ccccc2)[nH]c1=O. The molecule has 0 spiro atoms. The first-order valence-corrected chi connectivity index (χ1v) is 9.57. The molecule has 1 fully saturated rings. The van der Waals surface area contributed by atoms with E-state index in [1.54, 1.807) is 12.1 Å². The number of anilines is 2. The van der Waals surface area contributed by atoms with Gasteiger partial charge in [-0.2, -0.15) is 0 Å². The molecule has 0 aliphatic carbocycles. The van der Waals surface area contributed by atoms with Crippen LogP contribution in [0.1, 0.15) is 28.8 Å². The zero-order chi connectivity index (χ0) is 19.5. The molecule has 2 N–H and O–H groups in total. The lowest BCUT2D eigenvalue weighted by Crippen LogP contribution is -2.23. The van der Waals surface area contributed by atoms with Crippen LogP contribution in [0.5, 0.6) is 0 Å². The lowest BCUT2D eigenvalue weighted by atomic mass is 10.1. The number of nitrogens with one attached hydrogen (secondary N) is 2. The molecule has 2 heterocycles. The first-order chi connectivity index (χ1) is 13.6. The highest BCUT2D eigenvalue weighted by Gasteiger charge is 2.15. The van der Waals surface area contributed by atoms with Gasteiger partial charge in [0.25, 0.3) is 11.5 Å². The predicted molar refractivity (Wildman–Crippen MR) is 113 cm³/mol. The fourth-order valence-corrected chi connectivity index (χ4v) is 3.59. The van der Waals surface area contributed by atoms with E-state index in [1.807, 2.05) is 49.4 Å². The van der Waals surface area contributed by atoms with E-state index in [0.29, 0.717) is 5.69 Å². The summed E-state index contributed by atoms with van der Waals surface area (Å²) in [7, 11) is 0. The molecule has 142 valence electrons. The third kappa shape index (κ3) is 3.69. The maximum atomic E-state index is 12.6. The van der Waals surface area contributed by atoms with Crippen LogP contribution >= 0.6 is 0 Å². The average molecular weight is 373 g/mol. The van der Waals surface area contributed by atoms with Crippen molar-refractivity contribution < 1.29 is 4.79 Å². The minimum atomic E-state index is -0.405. The molecule has 0 saturated carbocycles. The lowest BCUT2D eigenvalue weighted by molar-refractivity contribution is 0.102. The van der Waals surface area contributed by atoms with Crippen LogP contribution in [0.2, 0.25) is 0 Å². The molecular formula is C23H23N3O2. The first kappa shape index (κ1) is 18.0. The molecule has 28 heavy (non-hydrogen) atoms. The summed E-state index contributed by atoms with van der Waals surface area (Å²) in [5.41, 5.74) is 4.17. The summed E-state index contributed by atoms with van der Waals surface area (Å²) in [6, 6.07) is 18.9. The Labute approximate surface area is 164 Å². The van der Waals surface area contributed by atoms with Gasteiger partial charge in [0.15, 0.2) is 0 Å². The molecule has 0 unspecified atom stereocenters. The Bertz CT molecular complexity index is 1050. The second-order valence-corrected chi connectivity index (χ2v) is 7.13. The van der Waals surface area contributed by atoms with Crippen LogP contribution in [0.25, 0.3) is 11.3 Å². The number of amides is 1. The smallest absolute Gasteiger partial charge is 0.261 e. The molecule has 4 rings (SSSR count). The van der Waals surface area contributed by atoms with Gasteiger partial charge in [-0.15, -0.1) is 0 Å². The quantitative estimate of drug-likeness (QED) is 0.720. The highest BCUT2D eigenvalue weighted by Crippen LogP contribution is 2.25. The van der Waals surface area contributed by atoms with Crippen molar-refractivity contribution in [2.24, 2.45) is 0 Å². The van der Waals surface area contributed by atoms with Crippen LogP contribution in [0, 0.1) is 6.92 Å². The van der Waals surface area contributed by atoms with Crippen LogP contribution < -0.4 is 15.8 Å². The molecular weight excluding hydrogens is 350 g/mol. The second kappa shape index (κ2) is 7.72. The van der Waals surface area contributed by atoms with E-state index >= 15 is 0 Å². The standard InChI is InChI=1S/C23H23N3O2/c1-16-15-18(26-13-5-6-14-26)9-11-20(16)24-22(27)19-10-12-21(25-23(19)28)17-7-3-2-4-8-17/h2-4,7-12,15H,5-6,13-14H2,1H3,(H,24,27)(H,25,28). The van der Waals surface area contributed by atoms with Crippen molar-refractivity contribution in [2.45, 2.75) is 19.8 Å². The highest BCUT2D eigenvalue weighted by molar-refractivity contribution is 6.04. The van der Waals surface area contributed by atoms with E-state index < -0.39 is 11.5 Å². The van der Waals surface area contributed by atoms with Gasteiger partial charge in [0.1, 0.15) is 5.56 Å². The van der Waals surface area contributed by atoms with E-state index in [4.69, 9.17) is 0 Å². The van der Waals surface area contributed by atoms with Gasteiger partial charge in [0.2, 0.25) is 0 Å². The Morgan fingerprint density at radius 1 is 1.00 bits per heavy atom. The molecule has 0 radical (unpaired) electrons. The molecule has 0 bridgehead atoms. The van der Waals surface area contributed by atoms with Crippen LogP contribution in [0.4, 0.5) is 11.4 Å². The number of hydrogen-bond donors (Lipinski definition) is 2. The summed E-state index contributed by atoms with van der Waals surface area (Å²) in [4.78, 5) is 30.2. The summed E-state index contributed by atoms with van der Waals surface area (Å²) in [6.45, 7) is 4.13. The van der Waals surface area contributed by atoms with E-state index in [0.717, 1.165) is 29.9 Å².